The fourth-order valence-corrected chi connectivity index (χ4v) is 2.68. The van der Waals surface area contributed by atoms with Gasteiger partial charge in [0, 0.05) is 5.69 Å². The lowest BCUT2D eigenvalue weighted by atomic mass is 10.2. The molecule has 0 bridgehead atoms. The van der Waals surface area contributed by atoms with Gasteiger partial charge in [-0.05, 0) is 30.3 Å². The first-order valence-electron chi connectivity index (χ1n) is 6.69. The van der Waals surface area contributed by atoms with Crippen molar-refractivity contribution < 1.29 is 9.59 Å². The van der Waals surface area contributed by atoms with Crippen molar-refractivity contribution in [3.8, 4) is 0 Å². The van der Waals surface area contributed by atoms with Crippen LogP contribution < -0.4 is 10.2 Å². The number of hydrogen-bond donors (Lipinski definition) is 1. The zero-order chi connectivity index (χ0) is 15.7. The van der Waals surface area contributed by atoms with E-state index in [4.69, 9.17) is 23.2 Å². The molecule has 22 heavy (non-hydrogen) atoms. The van der Waals surface area contributed by atoms with Crippen molar-refractivity contribution in [1.82, 2.24) is 0 Å². The highest BCUT2D eigenvalue weighted by atomic mass is 35.5. The largest absolute Gasteiger partial charge is 0.373 e. The third-order valence-corrected chi connectivity index (χ3v) is 4.16. The summed E-state index contributed by atoms with van der Waals surface area (Å²) in [6.45, 7) is 0. The Morgan fingerprint density at radius 1 is 1.00 bits per heavy atom. The standard InChI is InChI=1S/C16H12Cl2N2O2/c17-12-7-6-10(8-13(12)18)19-14-9-15(21)20(16(14)22)11-4-2-1-3-5-11/h1-8,14,19H,9H2. The van der Waals surface area contributed by atoms with Gasteiger partial charge in [-0.3, -0.25) is 9.59 Å². The van der Waals surface area contributed by atoms with Crippen molar-refractivity contribution in [3.63, 3.8) is 0 Å². The smallest absolute Gasteiger partial charge is 0.256 e. The molecule has 1 aliphatic heterocycles. The SMILES string of the molecule is O=C1CC(Nc2ccc(Cl)c(Cl)c2)C(=O)N1c1ccccc1. The topological polar surface area (TPSA) is 49.4 Å². The van der Waals surface area contributed by atoms with Gasteiger partial charge in [0.2, 0.25) is 5.91 Å². The van der Waals surface area contributed by atoms with Crippen LogP contribution in [0.1, 0.15) is 6.42 Å². The first-order valence-corrected chi connectivity index (χ1v) is 7.45. The minimum absolute atomic E-state index is 0.105. The van der Waals surface area contributed by atoms with Crippen molar-refractivity contribution >= 4 is 46.4 Å². The lowest BCUT2D eigenvalue weighted by Gasteiger charge is -2.16. The monoisotopic (exact) mass is 334 g/mol. The van der Waals surface area contributed by atoms with Crippen molar-refractivity contribution in [3.05, 3.63) is 58.6 Å². The van der Waals surface area contributed by atoms with Crippen LogP contribution in [0.2, 0.25) is 10.0 Å². The minimum Gasteiger partial charge on any atom is -0.373 e. The van der Waals surface area contributed by atoms with E-state index < -0.39 is 6.04 Å². The highest BCUT2D eigenvalue weighted by Crippen LogP contribution is 2.28. The van der Waals surface area contributed by atoms with E-state index >= 15 is 0 Å². The molecule has 0 radical (unpaired) electrons. The second-order valence-corrected chi connectivity index (χ2v) is 5.75. The Bertz CT molecular complexity index is 734. The lowest BCUT2D eigenvalue weighted by Crippen LogP contribution is -2.34. The van der Waals surface area contributed by atoms with Gasteiger partial charge in [0.15, 0.2) is 0 Å². The predicted molar refractivity (Wildman–Crippen MR) is 87.4 cm³/mol. The summed E-state index contributed by atoms with van der Waals surface area (Å²) in [6, 6.07) is 13.3. The Hall–Kier alpha value is -2.04. The number of carbonyl (C=O) groups is 2. The number of rotatable bonds is 3. The molecular formula is C16H12Cl2N2O2. The summed E-state index contributed by atoms with van der Waals surface area (Å²) in [5.41, 5.74) is 1.23. The predicted octanol–water partition coefficient (Wildman–Crippen LogP) is 3.74. The second-order valence-electron chi connectivity index (χ2n) is 4.93. The van der Waals surface area contributed by atoms with Gasteiger partial charge in [0.25, 0.3) is 5.91 Å². The molecular weight excluding hydrogens is 323 g/mol. The van der Waals surface area contributed by atoms with E-state index in [-0.39, 0.29) is 18.2 Å². The molecule has 0 spiro atoms. The Labute approximate surface area is 137 Å². The minimum atomic E-state index is -0.607. The number of amides is 2. The molecule has 112 valence electrons. The highest BCUT2D eigenvalue weighted by molar-refractivity contribution is 6.42. The molecule has 2 amide bonds. The van der Waals surface area contributed by atoms with Crippen LogP contribution in [0.4, 0.5) is 11.4 Å². The third-order valence-electron chi connectivity index (χ3n) is 3.42. The van der Waals surface area contributed by atoms with Gasteiger partial charge >= 0.3 is 0 Å². The van der Waals surface area contributed by atoms with Gasteiger partial charge < -0.3 is 5.32 Å². The fraction of sp³-hybridized carbons (Fsp3) is 0.125. The molecule has 4 nitrogen and oxygen atoms in total. The van der Waals surface area contributed by atoms with Crippen molar-refractivity contribution in [2.45, 2.75) is 12.5 Å². The molecule has 1 unspecified atom stereocenters. The number of halogens is 2. The summed E-state index contributed by atoms with van der Waals surface area (Å²) in [6.07, 6.45) is 0.105. The maximum Gasteiger partial charge on any atom is 0.256 e. The van der Waals surface area contributed by atoms with Gasteiger partial charge in [-0.25, -0.2) is 4.90 Å². The van der Waals surface area contributed by atoms with Crippen molar-refractivity contribution in [2.75, 3.05) is 10.2 Å². The van der Waals surface area contributed by atoms with E-state index in [0.717, 1.165) is 0 Å². The Morgan fingerprint density at radius 2 is 1.73 bits per heavy atom. The van der Waals surface area contributed by atoms with Gasteiger partial charge in [-0.15, -0.1) is 0 Å². The molecule has 1 atom stereocenters. The molecule has 0 saturated carbocycles. The number of nitrogens with one attached hydrogen (secondary N) is 1. The highest BCUT2D eigenvalue weighted by Gasteiger charge is 2.39. The normalized spacial score (nSPS) is 17.9. The first kappa shape index (κ1) is 14.9. The van der Waals surface area contributed by atoms with Crippen LogP contribution in [-0.4, -0.2) is 17.9 Å². The summed E-state index contributed by atoms with van der Waals surface area (Å²) >= 11 is 11.8. The average molecular weight is 335 g/mol. The Kier molecular flexibility index (Phi) is 4.05. The van der Waals surface area contributed by atoms with Crippen LogP contribution in [0, 0.1) is 0 Å². The molecule has 1 fully saturated rings. The Balaban J connectivity index is 1.80. The summed E-state index contributed by atoms with van der Waals surface area (Å²) in [5, 5.41) is 3.86. The molecule has 3 rings (SSSR count). The van der Waals surface area contributed by atoms with E-state index in [1.165, 1.54) is 4.90 Å². The van der Waals surface area contributed by atoms with Crippen LogP contribution >= 0.6 is 23.2 Å². The molecule has 0 aliphatic carbocycles. The maximum atomic E-state index is 12.5. The van der Waals surface area contributed by atoms with E-state index in [9.17, 15) is 9.59 Å². The summed E-state index contributed by atoms with van der Waals surface area (Å²) in [5.74, 6) is -0.504. The number of benzene rings is 2. The molecule has 0 aromatic heterocycles. The molecule has 1 saturated heterocycles. The molecule has 2 aromatic rings. The molecule has 6 heteroatoms. The summed E-state index contributed by atoms with van der Waals surface area (Å²) < 4.78 is 0. The quantitative estimate of drug-likeness (QED) is 0.870. The zero-order valence-electron chi connectivity index (χ0n) is 11.4. The number of carbonyl (C=O) groups excluding carboxylic acids is 2. The molecule has 2 aromatic carbocycles. The fourth-order valence-electron chi connectivity index (χ4n) is 2.38. The van der Waals surface area contributed by atoms with E-state index in [2.05, 4.69) is 5.32 Å². The van der Waals surface area contributed by atoms with Crippen LogP contribution in [0.5, 0.6) is 0 Å². The van der Waals surface area contributed by atoms with Crippen LogP contribution in [-0.2, 0) is 9.59 Å². The number of para-hydroxylation sites is 1. The third kappa shape index (κ3) is 2.80. The zero-order valence-corrected chi connectivity index (χ0v) is 12.9. The van der Waals surface area contributed by atoms with Crippen LogP contribution in [0.3, 0.4) is 0 Å². The lowest BCUT2D eigenvalue weighted by molar-refractivity contribution is -0.121. The molecule has 1 heterocycles. The molecule has 1 aliphatic rings. The first-order chi connectivity index (χ1) is 10.6. The number of imide groups is 1. The summed E-state index contributed by atoms with van der Waals surface area (Å²) in [7, 11) is 0. The molecule has 1 N–H and O–H groups in total. The second kappa shape index (κ2) is 5.99. The number of hydrogen-bond acceptors (Lipinski definition) is 3. The van der Waals surface area contributed by atoms with Crippen LogP contribution in [0.15, 0.2) is 48.5 Å². The van der Waals surface area contributed by atoms with E-state index in [0.29, 0.717) is 21.4 Å². The van der Waals surface area contributed by atoms with Crippen molar-refractivity contribution in [2.24, 2.45) is 0 Å². The summed E-state index contributed by atoms with van der Waals surface area (Å²) in [4.78, 5) is 25.8. The maximum absolute atomic E-state index is 12.5. The number of anilines is 2. The average Bonchev–Trinajstić information content (AvgIpc) is 2.78. The van der Waals surface area contributed by atoms with Gasteiger partial charge in [0.1, 0.15) is 6.04 Å². The van der Waals surface area contributed by atoms with E-state index in [1.807, 2.05) is 6.07 Å². The van der Waals surface area contributed by atoms with Gasteiger partial charge in [0.05, 0.1) is 22.2 Å². The van der Waals surface area contributed by atoms with Crippen molar-refractivity contribution in [1.29, 1.82) is 0 Å². The van der Waals surface area contributed by atoms with Gasteiger partial charge in [-0.1, -0.05) is 41.4 Å². The number of nitrogens with zero attached hydrogens (tertiary/aromatic N) is 1. The van der Waals surface area contributed by atoms with Gasteiger partial charge in [-0.2, -0.15) is 0 Å². The van der Waals surface area contributed by atoms with E-state index in [1.54, 1.807) is 42.5 Å². The van der Waals surface area contributed by atoms with Crippen LogP contribution in [0.25, 0.3) is 0 Å². The Morgan fingerprint density at radius 3 is 2.41 bits per heavy atom.